The lowest BCUT2D eigenvalue weighted by molar-refractivity contribution is -0.384. The van der Waals surface area contributed by atoms with E-state index in [9.17, 15) is 20.0 Å². The van der Waals surface area contributed by atoms with Crippen molar-refractivity contribution in [1.29, 1.82) is 0 Å². The van der Waals surface area contributed by atoms with E-state index < -0.39 is 4.92 Å². The van der Waals surface area contributed by atoms with Crippen LogP contribution in [0.2, 0.25) is 0 Å². The quantitative estimate of drug-likeness (QED) is 0.341. The first-order valence-corrected chi connectivity index (χ1v) is 10.1. The van der Waals surface area contributed by atoms with Gasteiger partial charge >= 0.3 is 0 Å². The molecule has 7 heteroatoms. The molecule has 1 N–H and O–H groups in total. The molecule has 0 fully saturated rings. The highest BCUT2D eigenvalue weighted by molar-refractivity contribution is 6.15. The molecule has 0 aliphatic carbocycles. The Hall–Kier alpha value is -3.97. The summed E-state index contributed by atoms with van der Waals surface area (Å²) < 4.78 is 5.94. The number of aromatic hydroxyl groups is 1. The number of nitro groups is 1. The van der Waals surface area contributed by atoms with Crippen LogP contribution in [-0.4, -0.2) is 27.8 Å². The summed E-state index contributed by atoms with van der Waals surface area (Å²) in [5, 5.41) is 21.5. The predicted octanol–water partition coefficient (Wildman–Crippen LogP) is 4.86. The Morgan fingerprint density at radius 3 is 2.44 bits per heavy atom. The van der Waals surface area contributed by atoms with Crippen molar-refractivity contribution in [2.45, 2.75) is 20.0 Å². The second kappa shape index (κ2) is 8.64. The van der Waals surface area contributed by atoms with E-state index in [1.54, 1.807) is 31.2 Å². The van der Waals surface area contributed by atoms with Gasteiger partial charge in [-0.3, -0.25) is 19.8 Å². The fraction of sp³-hybridized carbons (Fsp3) is 0.160. The maximum atomic E-state index is 13.0. The molecule has 7 nitrogen and oxygen atoms in total. The third-order valence-corrected chi connectivity index (χ3v) is 5.35. The summed E-state index contributed by atoms with van der Waals surface area (Å²) in [4.78, 5) is 25.4. The first-order chi connectivity index (χ1) is 15.3. The number of Topliss-reactive ketones (excluding diaryl/α,β-unsaturated/α-hetero) is 1. The zero-order valence-corrected chi connectivity index (χ0v) is 17.7. The van der Waals surface area contributed by atoms with Crippen LogP contribution in [0.1, 0.15) is 32.6 Å². The lowest BCUT2D eigenvalue weighted by Crippen LogP contribution is -2.17. The van der Waals surface area contributed by atoms with Gasteiger partial charge in [0.25, 0.3) is 5.69 Å². The largest absolute Gasteiger partial charge is 0.507 e. The summed E-state index contributed by atoms with van der Waals surface area (Å²) in [5.41, 5.74) is 3.32. The highest BCUT2D eigenvalue weighted by atomic mass is 16.6. The molecule has 0 amide bonds. The highest BCUT2D eigenvalue weighted by Gasteiger charge is 2.33. The predicted molar refractivity (Wildman–Crippen MR) is 120 cm³/mol. The van der Waals surface area contributed by atoms with Crippen molar-refractivity contribution in [1.82, 2.24) is 4.90 Å². The summed E-state index contributed by atoms with van der Waals surface area (Å²) in [6, 6.07) is 17.4. The Labute approximate surface area is 185 Å². The molecular formula is C25H22N2O5. The van der Waals surface area contributed by atoms with Gasteiger partial charge in [0.2, 0.25) is 5.78 Å². The minimum atomic E-state index is -0.478. The average molecular weight is 430 g/mol. The first kappa shape index (κ1) is 21.3. The second-order valence-electron chi connectivity index (χ2n) is 7.84. The van der Waals surface area contributed by atoms with Gasteiger partial charge in [0.15, 0.2) is 5.76 Å². The molecular weight excluding hydrogens is 408 g/mol. The van der Waals surface area contributed by atoms with Crippen LogP contribution in [0, 0.1) is 17.0 Å². The number of nitro benzene ring substituents is 1. The second-order valence-corrected chi connectivity index (χ2v) is 7.84. The zero-order valence-electron chi connectivity index (χ0n) is 17.7. The number of aryl methyl sites for hydroxylation is 1. The van der Waals surface area contributed by atoms with E-state index in [1.165, 1.54) is 12.1 Å². The van der Waals surface area contributed by atoms with Crippen LogP contribution in [0.4, 0.5) is 5.69 Å². The Balaban J connectivity index is 1.63. The Morgan fingerprint density at radius 1 is 1.09 bits per heavy atom. The molecule has 4 rings (SSSR count). The van der Waals surface area contributed by atoms with Crippen molar-refractivity contribution in [2.24, 2.45) is 0 Å². The maximum absolute atomic E-state index is 13.0. The molecule has 0 unspecified atom stereocenters. The van der Waals surface area contributed by atoms with Gasteiger partial charge in [-0.05, 0) is 54.9 Å². The zero-order chi connectivity index (χ0) is 22.8. The lowest BCUT2D eigenvalue weighted by atomic mass is 9.99. The SMILES string of the molecule is Cc1cc(O)c(CN(C)Cc2ccccc2)c2c1C(=O)/C(=C/c1ccc([N+](=O)[O-])cc1)O2. The first-order valence-electron chi connectivity index (χ1n) is 10.1. The number of allylic oxidation sites excluding steroid dienone is 1. The summed E-state index contributed by atoms with van der Waals surface area (Å²) >= 11 is 0. The summed E-state index contributed by atoms with van der Waals surface area (Å²) in [6.07, 6.45) is 1.56. The molecule has 1 heterocycles. The van der Waals surface area contributed by atoms with Crippen LogP contribution in [0.3, 0.4) is 0 Å². The number of carbonyl (C=O) groups excluding carboxylic acids is 1. The van der Waals surface area contributed by atoms with Gasteiger partial charge in [-0.1, -0.05) is 30.3 Å². The van der Waals surface area contributed by atoms with Gasteiger partial charge < -0.3 is 9.84 Å². The third-order valence-electron chi connectivity index (χ3n) is 5.35. The maximum Gasteiger partial charge on any atom is 0.269 e. The Bertz CT molecular complexity index is 1220. The van der Waals surface area contributed by atoms with Crippen molar-refractivity contribution < 1.29 is 19.6 Å². The van der Waals surface area contributed by atoms with Crippen LogP contribution in [0.15, 0.2) is 66.4 Å². The van der Waals surface area contributed by atoms with Crippen LogP contribution in [0.25, 0.3) is 6.08 Å². The summed E-state index contributed by atoms with van der Waals surface area (Å²) in [7, 11) is 1.93. The number of rotatable bonds is 6. The number of hydrogen-bond donors (Lipinski definition) is 1. The number of non-ortho nitro benzene ring substituents is 1. The number of benzene rings is 3. The fourth-order valence-corrected chi connectivity index (χ4v) is 3.80. The van der Waals surface area contributed by atoms with E-state index in [-0.39, 0.29) is 23.0 Å². The minimum absolute atomic E-state index is 0.0291. The number of phenolic OH excluding ortho intramolecular Hbond substituents is 1. The van der Waals surface area contributed by atoms with Crippen molar-refractivity contribution in [3.8, 4) is 11.5 Å². The van der Waals surface area contributed by atoms with Gasteiger partial charge in [0, 0.05) is 25.2 Å². The number of nitrogens with zero attached hydrogens (tertiary/aromatic N) is 2. The Kier molecular flexibility index (Phi) is 5.75. The number of hydrogen-bond acceptors (Lipinski definition) is 6. The number of carbonyl (C=O) groups is 1. The van der Waals surface area contributed by atoms with Crippen LogP contribution >= 0.6 is 0 Å². The molecule has 32 heavy (non-hydrogen) atoms. The molecule has 0 spiro atoms. The van der Waals surface area contributed by atoms with E-state index in [0.717, 1.165) is 5.56 Å². The minimum Gasteiger partial charge on any atom is -0.507 e. The van der Waals surface area contributed by atoms with E-state index in [2.05, 4.69) is 0 Å². The van der Waals surface area contributed by atoms with Crippen LogP contribution < -0.4 is 4.74 Å². The number of ether oxygens (including phenoxy) is 1. The summed E-state index contributed by atoms with van der Waals surface area (Å²) in [6.45, 7) is 2.82. The number of fused-ring (bicyclic) bond motifs is 1. The molecule has 1 aliphatic heterocycles. The molecule has 162 valence electrons. The van der Waals surface area contributed by atoms with Crippen molar-refractivity contribution >= 4 is 17.5 Å². The monoisotopic (exact) mass is 430 g/mol. The normalized spacial score (nSPS) is 14.0. The fourth-order valence-electron chi connectivity index (χ4n) is 3.80. The van der Waals surface area contributed by atoms with Crippen LogP contribution in [0.5, 0.6) is 11.5 Å². The van der Waals surface area contributed by atoms with Gasteiger partial charge in [-0.25, -0.2) is 0 Å². The van der Waals surface area contributed by atoms with E-state index in [4.69, 9.17) is 4.74 Å². The van der Waals surface area contributed by atoms with Crippen molar-refractivity contribution in [2.75, 3.05) is 7.05 Å². The smallest absolute Gasteiger partial charge is 0.269 e. The van der Waals surface area contributed by atoms with E-state index in [0.29, 0.717) is 41.1 Å². The van der Waals surface area contributed by atoms with E-state index >= 15 is 0 Å². The average Bonchev–Trinajstić information content (AvgIpc) is 3.08. The topological polar surface area (TPSA) is 92.9 Å². The standard InChI is InChI=1S/C25H22N2O5/c1-16-12-21(28)20(15-26(2)14-18-6-4-3-5-7-18)25-23(16)24(29)22(32-25)13-17-8-10-19(11-9-17)27(30)31/h3-13,28H,14-15H2,1-2H3/b22-13-. The molecule has 0 saturated carbocycles. The number of ketones is 1. The Morgan fingerprint density at radius 2 is 1.78 bits per heavy atom. The molecule has 1 aliphatic rings. The molecule has 0 radical (unpaired) electrons. The molecule has 0 bridgehead atoms. The van der Waals surface area contributed by atoms with Crippen molar-refractivity contribution in [3.63, 3.8) is 0 Å². The van der Waals surface area contributed by atoms with Crippen molar-refractivity contribution in [3.05, 3.63) is 104 Å². The van der Waals surface area contributed by atoms with Gasteiger partial charge in [-0.2, -0.15) is 0 Å². The molecule has 0 saturated heterocycles. The third kappa shape index (κ3) is 4.24. The van der Waals surface area contributed by atoms with Gasteiger partial charge in [-0.15, -0.1) is 0 Å². The highest BCUT2D eigenvalue weighted by Crippen LogP contribution is 2.42. The lowest BCUT2D eigenvalue weighted by Gasteiger charge is -2.19. The molecule has 3 aromatic carbocycles. The van der Waals surface area contributed by atoms with Gasteiger partial charge in [0.05, 0.1) is 16.1 Å². The molecule has 0 atom stereocenters. The molecule has 3 aromatic rings. The molecule has 0 aromatic heterocycles. The summed E-state index contributed by atoms with van der Waals surface area (Å²) in [5.74, 6) is 0.281. The van der Waals surface area contributed by atoms with E-state index in [1.807, 2.05) is 42.3 Å². The number of phenols is 1. The van der Waals surface area contributed by atoms with Crippen LogP contribution in [-0.2, 0) is 13.1 Å². The van der Waals surface area contributed by atoms with Gasteiger partial charge in [0.1, 0.15) is 11.5 Å².